The van der Waals surface area contributed by atoms with Crippen molar-refractivity contribution in [2.24, 2.45) is 5.73 Å². The fourth-order valence-corrected chi connectivity index (χ4v) is 2.16. The molecule has 0 spiro atoms. The molecule has 0 saturated carbocycles. The largest absolute Gasteiger partial charge is 0.329 e. The van der Waals surface area contributed by atoms with E-state index in [4.69, 9.17) is 5.73 Å². The highest BCUT2D eigenvalue weighted by molar-refractivity contribution is 9.11. The first-order chi connectivity index (χ1) is 6.22. The van der Waals surface area contributed by atoms with Gasteiger partial charge in [-0.3, -0.25) is 0 Å². The molecule has 0 aliphatic rings. The Morgan fingerprint density at radius 3 is 2.46 bits per heavy atom. The third-order valence-corrected chi connectivity index (χ3v) is 2.29. The lowest BCUT2D eigenvalue weighted by molar-refractivity contribution is 0.693. The van der Waals surface area contributed by atoms with E-state index in [-0.39, 0.29) is 0 Å². The molecule has 1 aromatic heterocycles. The average Bonchev–Trinajstić information content (AvgIpc) is 2.03. The Labute approximate surface area is 94.4 Å². The van der Waals surface area contributed by atoms with E-state index in [2.05, 4.69) is 42.2 Å². The van der Waals surface area contributed by atoms with Crippen molar-refractivity contribution >= 4 is 31.9 Å². The highest BCUT2D eigenvalue weighted by atomic mass is 79.9. The van der Waals surface area contributed by atoms with Gasteiger partial charge in [-0.05, 0) is 49.6 Å². The van der Waals surface area contributed by atoms with Crippen LogP contribution in [0.2, 0.25) is 0 Å². The van der Waals surface area contributed by atoms with Crippen LogP contribution in [-0.4, -0.2) is 18.1 Å². The third-order valence-electron chi connectivity index (χ3n) is 1.47. The number of hydrogen-bond acceptors (Lipinski definition) is 3. The van der Waals surface area contributed by atoms with Crippen molar-refractivity contribution in [1.82, 2.24) is 10.3 Å². The Kier molecular flexibility index (Phi) is 4.87. The van der Waals surface area contributed by atoms with E-state index in [0.29, 0.717) is 6.54 Å². The zero-order valence-corrected chi connectivity index (χ0v) is 10.2. The number of nitrogens with two attached hydrogens (primary N) is 1. The summed E-state index contributed by atoms with van der Waals surface area (Å²) in [5.74, 6) is 0. The smallest absolute Gasteiger partial charge is 0.107 e. The van der Waals surface area contributed by atoms with Crippen LogP contribution in [0.1, 0.15) is 5.56 Å². The maximum atomic E-state index is 5.36. The van der Waals surface area contributed by atoms with Crippen LogP contribution in [0, 0.1) is 0 Å². The number of nitrogens with one attached hydrogen (secondary N) is 1. The molecule has 0 radical (unpaired) electrons. The monoisotopic (exact) mass is 307 g/mol. The molecule has 0 aliphatic carbocycles. The van der Waals surface area contributed by atoms with E-state index in [1.807, 2.05) is 12.1 Å². The molecule has 0 aliphatic heterocycles. The predicted molar refractivity (Wildman–Crippen MR) is 60.4 cm³/mol. The van der Waals surface area contributed by atoms with Gasteiger partial charge in [0.2, 0.25) is 0 Å². The maximum Gasteiger partial charge on any atom is 0.107 e. The molecule has 0 bridgehead atoms. The Bertz CT molecular complexity index is 258. The van der Waals surface area contributed by atoms with Crippen LogP contribution in [0.5, 0.6) is 0 Å². The van der Waals surface area contributed by atoms with Crippen molar-refractivity contribution in [3.63, 3.8) is 0 Å². The summed E-state index contributed by atoms with van der Waals surface area (Å²) in [4.78, 5) is 4.14. The summed E-state index contributed by atoms with van der Waals surface area (Å²) < 4.78 is 1.68. The molecule has 0 saturated heterocycles. The molecule has 0 unspecified atom stereocenters. The van der Waals surface area contributed by atoms with E-state index in [1.54, 1.807) is 0 Å². The molecular formula is C8H11Br2N3. The lowest BCUT2D eigenvalue weighted by Gasteiger charge is -2.03. The van der Waals surface area contributed by atoms with E-state index in [1.165, 1.54) is 5.56 Å². The summed E-state index contributed by atoms with van der Waals surface area (Å²) >= 11 is 6.66. The molecule has 0 fully saturated rings. The molecule has 1 rings (SSSR count). The molecule has 0 amide bonds. The number of aromatic nitrogens is 1. The minimum absolute atomic E-state index is 0.660. The molecule has 5 heteroatoms. The van der Waals surface area contributed by atoms with Crippen molar-refractivity contribution in [2.75, 3.05) is 13.1 Å². The van der Waals surface area contributed by atoms with E-state index in [9.17, 15) is 0 Å². The second-order valence-electron chi connectivity index (χ2n) is 2.59. The van der Waals surface area contributed by atoms with Crippen LogP contribution in [-0.2, 0) is 6.54 Å². The minimum Gasteiger partial charge on any atom is -0.329 e. The summed E-state index contributed by atoms with van der Waals surface area (Å²) in [6.07, 6.45) is 0. The predicted octanol–water partition coefficient (Wildman–Crippen LogP) is 1.65. The topological polar surface area (TPSA) is 50.9 Å². The number of halogens is 2. The molecule has 1 aromatic rings. The minimum atomic E-state index is 0.660. The number of rotatable bonds is 4. The van der Waals surface area contributed by atoms with Gasteiger partial charge in [0.05, 0.1) is 0 Å². The van der Waals surface area contributed by atoms with Crippen molar-refractivity contribution in [3.8, 4) is 0 Å². The lowest BCUT2D eigenvalue weighted by Crippen LogP contribution is -2.21. The zero-order valence-electron chi connectivity index (χ0n) is 7.06. The van der Waals surface area contributed by atoms with Crippen molar-refractivity contribution in [3.05, 3.63) is 26.9 Å². The Morgan fingerprint density at radius 2 is 1.92 bits per heavy atom. The molecule has 3 N–H and O–H groups in total. The summed E-state index contributed by atoms with van der Waals surface area (Å²) in [5.41, 5.74) is 6.54. The fourth-order valence-electron chi connectivity index (χ4n) is 0.951. The summed E-state index contributed by atoms with van der Waals surface area (Å²) in [7, 11) is 0. The van der Waals surface area contributed by atoms with Crippen molar-refractivity contribution in [2.45, 2.75) is 6.54 Å². The molecule has 72 valence electrons. The number of pyridine rings is 1. The van der Waals surface area contributed by atoms with Gasteiger partial charge in [-0.25, -0.2) is 4.98 Å². The van der Waals surface area contributed by atoms with E-state index in [0.717, 1.165) is 22.3 Å². The molecule has 13 heavy (non-hydrogen) atoms. The second-order valence-corrected chi connectivity index (χ2v) is 4.21. The van der Waals surface area contributed by atoms with Gasteiger partial charge in [0.15, 0.2) is 0 Å². The van der Waals surface area contributed by atoms with Crippen molar-refractivity contribution < 1.29 is 0 Å². The Balaban J connectivity index is 2.56. The highest BCUT2D eigenvalue weighted by Crippen LogP contribution is 2.15. The first-order valence-corrected chi connectivity index (χ1v) is 5.53. The molecule has 1 heterocycles. The fraction of sp³-hybridized carbons (Fsp3) is 0.375. The molecule has 3 nitrogen and oxygen atoms in total. The Hall–Kier alpha value is 0.0300. The molecule has 0 aromatic carbocycles. The third kappa shape index (κ3) is 4.17. The maximum absolute atomic E-state index is 5.36. The first kappa shape index (κ1) is 11.1. The normalized spacial score (nSPS) is 10.4. The van der Waals surface area contributed by atoms with Crippen molar-refractivity contribution in [1.29, 1.82) is 0 Å². The van der Waals surface area contributed by atoms with E-state index >= 15 is 0 Å². The number of nitrogens with zero attached hydrogens (tertiary/aromatic N) is 1. The molecular weight excluding hydrogens is 298 g/mol. The zero-order chi connectivity index (χ0) is 9.68. The summed E-state index contributed by atoms with van der Waals surface area (Å²) in [5, 5.41) is 3.21. The van der Waals surface area contributed by atoms with Gasteiger partial charge >= 0.3 is 0 Å². The van der Waals surface area contributed by atoms with Crippen LogP contribution >= 0.6 is 31.9 Å². The van der Waals surface area contributed by atoms with E-state index < -0.39 is 0 Å². The van der Waals surface area contributed by atoms with Gasteiger partial charge in [0.1, 0.15) is 9.21 Å². The lowest BCUT2D eigenvalue weighted by atomic mass is 10.3. The van der Waals surface area contributed by atoms with Crippen LogP contribution < -0.4 is 11.1 Å². The average molecular weight is 309 g/mol. The second kappa shape index (κ2) is 5.70. The van der Waals surface area contributed by atoms with Gasteiger partial charge in [-0.15, -0.1) is 0 Å². The Morgan fingerprint density at radius 1 is 1.31 bits per heavy atom. The quantitative estimate of drug-likeness (QED) is 0.657. The van der Waals surface area contributed by atoms with Gasteiger partial charge in [-0.2, -0.15) is 0 Å². The summed E-state index contributed by atoms with van der Waals surface area (Å²) in [6.45, 7) is 2.31. The van der Waals surface area contributed by atoms with Crippen LogP contribution in [0.15, 0.2) is 21.3 Å². The highest BCUT2D eigenvalue weighted by Gasteiger charge is 1.97. The molecule has 0 atom stereocenters. The SMILES string of the molecule is NCCNCc1cc(Br)nc(Br)c1. The van der Waals surface area contributed by atoms with Gasteiger partial charge < -0.3 is 11.1 Å². The van der Waals surface area contributed by atoms with Crippen LogP contribution in [0.25, 0.3) is 0 Å². The van der Waals surface area contributed by atoms with Gasteiger partial charge in [0.25, 0.3) is 0 Å². The van der Waals surface area contributed by atoms with Crippen LogP contribution in [0.4, 0.5) is 0 Å². The first-order valence-electron chi connectivity index (χ1n) is 3.95. The van der Waals surface area contributed by atoms with Gasteiger partial charge in [0, 0.05) is 19.6 Å². The van der Waals surface area contributed by atoms with Gasteiger partial charge in [-0.1, -0.05) is 0 Å². The summed E-state index contributed by atoms with van der Waals surface area (Å²) in [6, 6.07) is 3.96. The standard InChI is InChI=1S/C8H11Br2N3/c9-7-3-6(4-8(10)13-7)5-12-2-1-11/h3-4,12H,1-2,5,11H2. The van der Waals surface area contributed by atoms with Crippen LogP contribution in [0.3, 0.4) is 0 Å². The number of hydrogen-bond donors (Lipinski definition) is 2.